The smallest absolute Gasteiger partial charge is 0.383 e. The predicted molar refractivity (Wildman–Crippen MR) is 235 cm³/mol. The SMILES string of the molecule is CC(=O)Oc1ccc2c(OCc3ccccc3)c(O[C@@H]3O[C@H](COCc4ccccc4)[C@@H](OCc4ccccc4)[C@H](OCc4ccccc4)[C@H]3OCc3ccccc3)c(=O)oc2c1. The number of carbonyl (C=O) groups is 1. The minimum absolute atomic E-state index is 0.0768. The van der Waals surface area contributed by atoms with Crippen LogP contribution in [0.3, 0.4) is 0 Å². The molecular formula is C52H48O11. The highest BCUT2D eigenvalue weighted by molar-refractivity contribution is 5.87. The molecule has 0 amide bonds. The van der Waals surface area contributed by atoms with Gasteiger partial charge in [-0.25, -0.2) is 4.79 Å². The fourth-order valence-electron chi connectivity index (χ4n) is 7.30. The highest BCUT2D eigenvalue weighted by atomic mass is 16.7. The zero-order chi connectivity index (χ0) is 43.2. The average Bonchev–Trinajstić information content (AvgIpc) is 3.31. The first-order valence-electron chi connectivity index (χ1n) is 20.8. The van der Waals surface area contributed by atoms with Crippen molar-refractivity contribution in [3.05, 3.63) is 208 Å². The Bertz CT molecular complexity index is 2550. The third-order valence-corrected chi connectivity index (χ3v) is 10.4. The number of hydrogen-bond acceptors (Lipinski definition) is 11. The molecule has 0 spiro atoms. The fourth-order valence-corrected chi connectivity index (χ4v) is 7.30. The maximum atomic E-state index is 14.2. The number of hydrogen-bond donors (Lipinski definition) is 0. The van der Waals surface area contributed by atoms with Crippen LogP contribution in [0.1, 0.15) is 34.7 Å². The molecule has 7 aromatic rings. The van der Waals surface area contributed by atoms with E-state index in [1.54, 1.807) is 12.1 Å². The molecule has 1 aromatic heterocycles. The number of carbonyl (C=O) groups excluding carboxylic acids is 1. The van der Waals surface area contributed by atoms with Crippen LogP contribution in [0.2, 0.25) is 0 Å². The minimum Gasteiger partial charge on any atom is -0.484 e. The van der Waals surface area contributed by atoms with Crippen molar-refractivity contribution in [2.24, 2.45) is 0 Å². The van der Waals surface area contributed by atoms with E-state index in [1.165, 1.54) is 13.0 Å². The lowest BCUT2D eigenvalue weighted by molar-refractivity contribution is -0.310. The monoisotopic (exact) mass is 848 g/mol. The van der Waals surface area contributed by atoms with E-state index in [4.69, 9.17) is 42.3 Å². The number of ether oxygens (including phenoxy) is 8. The van der Waals surface area contributed by atoms with E-state index in [1.807, 2.05) is 152 Å². The minimum atomic E-state index is -1.28. The van der Waals surface area contributed by atoms with E-state index >= 15 is 0 Å². The highest BCUT2D eigenvalue weighted by Gasteiger charge is 2.50. The lowest BCUT2D eigenvalue weighted by atomic mass is 9.97. The molecule has 0 bridgehead atoms. The molecule has 11 heteroatoms. The molecule has 2 heterocycles. The summed E-state index contributed by atoms with van der Waals surface area (Å²) >= 11 is 0. The summed E-state index contributed by atoms with van der Waals surface area (Å²) in [7, 11) is 0. The molecule has 322 valence electrons. The Hall–Kier alpha value is -6.60. The van der Waals surface area contributed by atoms with Crippen LogP contribution in [-0.2, 0) is 61.5 Å². The second kappa shape index (κ2) is 21.5. The molecule has 1 saturated heterocycles. The van der Waals surface area contributed by atoms with Crippen LogP contribution >= 0.6 is 0 Å². The van der Waals surface area contributed by atoms with Crippen molar-refractivity contribution in [2.45, 2.75) is 70.7 Å². The zero-order valence-corrected chi connectivity index (χ0v) is 34.8. The molecular weight excluding hydrogens is 801 g/mol. The normalized spacial score (nSPS) is 18.5. The number of rotatable bonds is 19. The summed E-state index contributed by atoms with van der Waals surface area (Å²) < 4.78 is 58.1. The van der Waals surface area contributed by atoms with Crippen molar-refractivity contribution in [1.82, 2.24) is 0 Å². The van der Waals surface area contributed by atoms with Gasteiger partial charge in [-0.05, 0) is 39.9 Å². The van der Waals surface area contributed by atoms with Crippen molar-refractivity contribution in [3.8, 4) is 17.2 Å². The van der Waals surface area contributed by atoms with Crippen molar-refractivity contribution < 1.29 is 47.1 Å². The van der Waals surface area contributed by atoms with Gasteiger partial charge in [0.25, 0.3) is 5.75 Å². The van der Waals surface area contributed by atoms with E-state index in [-0.39, 0.29) is 55.9 Å². The van der Waals surface area contributed by atoms with Gasteiger partial charge in [-0.1, -0.05) is 152 Å². The maximum Gasteiger partial charge on any atom is 0.383 e. The van der Waals surface area contributed by atoms with Crippen molar-refractivity contribution >= 4 is 16.9 Å². The standard InChI is InChI=1S/C52H48O11/c1-36(53)60-42-27-28-43-44(29-42)61-51(54)49(46(43)56-31-38-19-9-3-10-20-38)63-52-50(59-34-41-25-15-6-16-26-41)48(58-33-40-23-13-5-14-24-40)47(57-32-39-21-11-4-12-22-39)45(62-52)35-55-30-37-17-7-2-8-18-37/h2-29,45,47-48,50,52H,30-35H2,1H3/t45-,47-,48+,50-,52+/m1/s1. The number of fused-ring (bicyclic) bond motifs is 1. The lowest BCUT2D eigenvalue weighted by Gasteiger charge is -2.45. The molecule has 1 aliphatic rings. The Morgan fingerprint density at radius 3 is 1.54 bits per heavy atom. The van der Waals surface area contributed by atoms with Gasteiger partial charge in [0.05, 0.1) is 38.4 Å². The largest absolute Gasteiger partial charge is 0.484 e. The van der Waals surface area contributed by atoms with E-state index in [2.05, 4.69) is 0 Å². The number of esters is 1. The Morgan fingerprint density at radius 1 is 0.540 bits per heavy atom. The summed E-state index contributed by atoms with van der Waals surface area (Å²) in [5.74, 6) is -0.466. The van der Waals surface area contributed by atoms with Crippen LogP contribution in [0, 0.1) is 0 Å². The third-order valence-electron chi connectivity index (χ3n) is 10.4. The molecule has 1 aliphatic heterocycles. The Morgan fingerprint density at radius 2 is 1.02 bits per heavy atom. The van der Waals surface area contributed by atoms with E-state index < -0.39 is 42.3 Å². The topological polar surface area (TPSA) is 121 Å². The molecule has 63 heavy (non-hydrogen) atoms. The third kappa shape index (κ3) is 11.7. The van der Waals surface area contributed by atoms with Gasteiger partial charge in [0.2, 0.25) is 6.29 Å². The van der Waals surface area contributed by atoms with Crippen molar-refractivity contribution in [2.75, 3.05) is 6.61 Å². The quantitative estimate of drug-likeness (QED) is 0.0440. The molecule has 11 nitrogen and oxygen atoms in total. The van der Waals surface area contributed by atoms with Crippen LogP contribution in [0.4, 0.5) is 0 Å². The van der Waals surface area contributed by atoms with Crippen LogP contribution in [0.5, 0.6) is 17.2 Å². The first-order valence-corrected chi connectivity index (χ1v) is 20.8. The Balaban J connectivity index is 1.20. The molecule has 1 fully saturated rings. The van der Waals surface area contributed by atoms with Crippen LogP contribution in [0.15, 0.2) is 179 Å². The van der Waals surface area contributed by atoms with Gasteiger partial charge >= 0.3 is 11.6 Å². The van der Waals surface area contributed by atoms with Crippen molar-refractivity contribution in [3.63, 3.8) is 0 Å². The van der Waals surface area contributed by atoms with E-state index in [0.717, 1.165) is 27.8 Å². The Labute approximate surface area is 365 Å². The molecule has 0 unspecified atom stereocenters. The van der Waals surface area contributed by atoms with Gasteiger partial charge in [0.15, 0.2) is 5.75 Å². The summed E-state index contributed by atoms with van der Waals surface area (Å²) in [6, 6.07) is 53.4. The summed E-state index contributed by atoms with van der Waals surface area (Å²) in [4.78, 5) is 26.1. The van der Waals surface area contributed by atoms with Gasteiger partial charge in [0, 0.05) is 13.0 Å². The summed E-state index contributed by atoms with van der Waals surface area (Å²) in [5, 5.41) is 0.401. The summed E-state index contributed by atoms with van der Waals surface area (Å²) in [6.07, 6.45) is -4.62. The van der Waals surface area contributed by atoms with Crippen LogP contribution in [0.25, 0.3) is 11.0 Å². The van der Waals surface area contributed by atoms with Gasteiger partial charge in [-0.15, -0.1) is 0 Å². The van der Waals surface area contributed by atoms with E-state index in [9.17, 15) is 9.59 Å². The molecule has 0 radical (unpaired) electrons. The summed E-state index contributed by atoms with van der Waals surface area (Å²) in [6.45, 7) is 2.38. The Kier molecular flexibility index (Phi) is 14.7. The van der Waals surface area contributed by atoms with Gasteiger partial charge in [-0.3, -0.25) is 4.79 Å². The molecule has 8 rings (SSSR count). The second-order valence-corrected chi connectivity index (χ2v) is 15.0. The molecule has 6 aromatic carbocycles. The highest BCUT2D eigenvalue weighted by Crippen LogP contribution is 2.39. The first-order chi connectivity index (χ1) is 31.0. The van der Waals surface area contributed by atoms with E-state index in [0.29, 0.717) is 12.0 Å². The first kappa shape index (κ1) is 43.1. The second-order valence-electron chi connectivity index (χ2n) is 15.0. The maximum absolute atomic E-state index is 14.2. The van der Waals surface area contributed by atoms with Gasteiger partial charge in [0.1, 0.15) is 42.4 Å². The molecule has 0 aliphatic carbocycles. The van der Waals surface area contributed by atoms with Crippen LogP contribution < -0.4 is 19.8 Å². The summed E-state index contributed by atoms with van der Waals surface area (Å²) in [5.41, 5.74) is 3.89. The zero-order valence-electron chi connectivity index (χ0n) is 34.8. The van der Waals surface area contributed by atoms with Gasteiger partial charge in [-0.2, -0.15) is 0 Å². The van der Waals surface area contributed by atoms with Crippen molar-refractivity contribution in [1.29, 1.82) is 0 Å². The average molecular weight is 849 g/mol. The lowest BCUT2D eigenvalue weighted by Crippen LogP contribution is -2.62. The van der Waals surface area contributed by atoms with Crippen LogP contribution in [-0.4, -0.2) is 43.3 Å². The molecule has 0 N–H and O–H groups in total. The fraction of sp³-hybridized carbons (Fsp3) is 0.231. The molecule has 5 atom stereocenters. The number of benzene rings is 6. The predicted octanol–water partition coefficient (Wildman–Crippen LogP) is 9.37. The molecule has 0 saturated carbocycles. The van der Waals surface area contributed by atoms with Gasteiger partial charge < -0.3 is 42.3 Å².